The van der Waals surface area contributed by atoms with Crippen LogP contribution in [-0.4, -0.2) is 30.1 Å². The first-order valence-electron chi connectivity index (χ1n) is 7.17. The van der Waals surface area contributed by atoms with Crippen LogP contribution < -0.4 is 5.32 Å². The van der Waals surface area contributed by atoms with Crippen molar-refractivity contribution in [1.82, 2.24) is 0 Å². The zero-order valence-corrected chi connectivity index (χ0v) is 13.1. The molecule has 0 saturated carbocycles. The van der Waals surface area contributed by atoms with E-state index in [1.54, 1.807) is 0 Å². The average molecular weight is 307 g/mol. The molecule has 6 heteroatoms. The maximum atomic E-state index is 11.9. The number of anilines is 1. The minimum atomic E-state index is -1.20. The molecule has 1 amide bonds. The number of carbonyl (C=O) groups excluding carboxylic acids is 2. The summed E-state index contributed by atoms with van der Waals surface area (Å²) in [5.41, 5.74) is 0.542. The van der Waals surface area contributed by atoms with Crippen molar-refractivity contribution in [3.8, 4) is 0 Å². The average Bonchev–Trinajstić information content (AvgIpc) is 2.46. The van der Waals surface area contributed by atoms with Crippen LogP contribution in [0, 0.1) is 6.92 Å². The number of hydrogen-bond acceptors (Lipinski definition) is 4. The molecule has 2 N–H and O–H groups in total. The molecule has 0 aliphatic carbocycles. The molecular weight excluding hydrogens is 286 g/mol. The van der Waals surface area contributed by atoms with Crippen molar-refractivity contribution in [3.05, 3.63) is 28.8 Å². The van der Waals surface area contributed by atoms with Gasteiger partial charge in [0.15, 0.2) is 0 Å². The molecule has 6 nitrogen and oxygen atoms in total. The first-order valence-corrected chi connectivity index (χ1v) is 7.17. The van der Waals surface area contributed by atoms with E-state index in [9.17, 15) is 19.5 Å². The van der Waals surface area contributed by atoms with Gasteiger partial charge in [0, 0.05) is 6.42 Å². The molecule has 0 bridgehead atoms. The summed E-state index contributed by atoms with van der Waals surface area (Å²) in [6.07, 6.45) is 3.04. The molecule has 0 aliphatic heterocycles. The highest BCUT2D eigenvalue weighted by Gasteiger charge is 2.21. The topological polar surface area (TPSA) is 92.7 Å². The highest BCUT2D eigenvalue weighted by atomic mass is 16.5. The standard InChI is InChI=1S/C16H21NO5/c1-4-5-6-7-13(18)17-12-9-8-11(16(21)22-3)10(2)14(12)15(19)20/h8-9H,4-7H2,1-3H3,(H,17,18)(H,19,20). The second kappa shape index (κ2) is 8.17. The Hall–Kier alpha value is -2.37. The summed E-state index contributed by atoms with van der Waals surface area (Å²) in [4.78, 5) is 34.9. The van der Waals surface area contributed by atoms with Crippen LogP contribution in [0.5, 0.6) is 0 Å². The third kappa shape index (κ3) is 4.31. The van der Waals surface area contributed by atoms with Crippen LogP contribution in [0.25, 0.3) is 0 Å². The van der Waals surface area contributed by atoms with Crippen molar-refractivity contribution < 1.29 is 24.2 Å². The van der Waals surface area contributed by atoms with Gasteiger partial charge < -0.3 is 15.2 Å². The van der Waals surface area contributed by atoms with Crippen LogP contribution in [0.4, 0.5) is 5.69 Å². The molecule has 1 aromatic rings. The fourth-order valence-electron chi connectivity index (χ4n) is 2.17. The van der Waals surface area contributed by atoms with E-state index in [4.69, 9.17) is 0 Å². The van der Waals surface area contributed by atoms with Gasteiger partial charge in [0.1, 0.15) is 0 Å². The third-order valence-corrected chi connectivity index (χ3v) is 3.37. The molecule has 120 valence electrons. The van der Waals surface area contributed by atoms with E-state index in [1.165, 1.54) is 26.2 Å². The largest absolute Gasteiger partial charge is 0.478 e. The number of esters is 1. The Morgan fingerprint density at radius 2 is 1.91 bits per heavy atom. The van der Waals surface area contributed by atoms with Crippen LogP contribution >= 0.6 is 0 Å². The Morgan fingerprint density at radius 1 is 1.23 bits per heavy atom. The number of methoxy groups -OCH3 is 1. The quantitative estimate of drug-likeness (QED) is 0.596. The molecule has 0 saturated heterocycles. The summed E-state index contributed by atoms with van der Waals surface area (Å²) in [5.74, 6) is -2.05. The molecule has 0 aromatic heterocycles. The number of rotatable bonds is 7. The fourth-order valence-corrected chi connectivity index (χ4v) is 2.17. The van der Waals surface area contributed by atoms with Gasteiger partial charge in [0.05, 0.1) is 23.9 Å². The summed E-state index contributed by atoms with van der Waals surface area (Å²) in [7, 11) is 1.23. The molecule has 0 heterocycles. The van der Waals surface area contributed by atoms with E-state index in [0.29, 0.717) is 6.42 Å². The number of carbonyl (C=O) groups is 3. The summed E-state index contributed by atoms with van der Waals surface area (Å²) < 4.78 is 4.62. The highest BCUT2D eigenvalue weighted by molar-refractivity contribution is 6.04. The summed E-state index contributed by atoms with van der Waals surface area (Å²) in [6.45, 7) is 3.55. The van der Waals surface area contributed by atoms with E-state index < -0.39 is 11.9 Å². The second-order valence-electron chi connectivity index (χ2n) is 4.96. The summed E-state index contributed by atoms with van der Waals surface area (Å²) in [5, 5.41) is 12.0. The van der Waals surface area contributed by atoms with Crippen molar-refractivity contribution in [2.45, 2.75) is 39.5 Å². The van der Waals surface area contributed by atoms with Crippen molar-refractivity contribution in [3.63, 3.8) is 0 Å². The van der Waals surface area contributed by atoms with E-state index in [2.05, 4.69) is 10.1 Å². The lowest BCUT2D eigenvalue weighted by Gasteiger charge is -2.13. The first-order chi connectivity index (χ1) is 10.4. The molecule has 0 aliphatic rings. The SMILES string of the molecule is CCCCCC(=O)Nc1ccc(C(=O)OC)c(C)c1C(=O)O. The van der Waals surface area contributed by atoms with Gasteiger partial charge in [-0.05, 0) is 31.0 Å². The number of ether oxygens (including phenoxy) is 1. The zero-order chi connectivity index (χ0) is 16.7. The summed E-state index contributed by atoms with van der Waals surface area (Å²) >= 11 is 0. The van der Waals surface area contributed by atoms with Crippen molar-refractivity contribution in [1.29, 1.82) is 0 Å². The van der Waals surface area contributed by atoms with Gasteiger partial charge in [0.2, 0.25) is 5.91 Å². The number of nitrogens with one attached hydrogen (secondary N) is 1. The molecule has 22 heavy (non-hydrogen) atoms. The molecule has 0 fully saturated rings. The lowest BCUT2D eigenvalue weighted by atomic mass is 10.00. The van der Waals surface area contributed by atoms with Gasteiger partial charge >= 0.3 is 11.9 Å². The van der Waals surface area contributed by atoms with Gasteiger partial charge in [-0.1, -0.05) is 19.8 Å². The molecule has 0 radical (unpaired) electrons. The molecule has 0 unspecified atom stereocenters. The maximum absolute atomic E-state index is 11.9. The minimum absolute atomic E-state index is 0.0910. The Kier molecular flexibility index (Phi) is 6.56. The first kappa shape index (κ1) is 17.7. The molecular formula is C16H21NO5. The van der Waals surface area contributed by atoms with Crippen LogP contribution in [0.3, 0.4) is 0 Å². The zero-order valence-electron chi connectivity index (χ0n) is 13.1. The second-order valence-corrected chi connectivity index (χ2v) is 4.96. The van der Waals surface area contributed by atoms with Gasteiger partial charge in [-0.15, -0.1) is 0 Å². The number of amides is 1. The minimum Gasteiger partial charge on any atom is -0.478 e. The lowest BCUT2D eigenvalue weighted by Crippen LogP contribution is -2.17. The predicted molar refractivity (Wildman–Crippen MR) is 82.2 cm³/mol. The molecule has 0 atom stereocenters. The van der Waals surface area contributed by atoms with Crippen LogP contribution in [0.1, 0.15) is 58.9 Å². The number of aromatic carboxylic acids is 1. The number of benzene rings is 1. The number of unbranched alkanes of at least 4 members (excludes halogenated alkanes) is 2. The Morgan fingerprint density at radius 3 is 2.45 bits per heavy atom. The van der Waals surface area contributed by atoms with Crippen LogP contribution in [-0.2, 0) is 9.53 Å². The van der Waals surface area contributed by atoms with E-state index in [-0.39, 0.29) is 28.3 Å². The van der Waals surface area contributed by atoms with Gasteiger partial charge in [-0.3, -0.25) is 4.79 Å². The maximum Gasteiger partial charge on any atom is 0.338 e. The fraction of sp³-hybridized carbons (Fsp3) is 0.438. The van der Waals surface area contributed by atoms with Crippen molar-refractivity contribution in [2.75, 3.05) is 12.4 Å². The number of carboxylic acids is 1. The van der Waals surface area contributed by atoms with Crippen LogP contribution in [0.15, 0.2) is 12.1 Å². The van der Waals surface area contributed by atoms with Gasteiger partial charge in [0.25, 0.3) is 0 Å². The molecule has 0 spiro atoms. The Bertz CT molecular complexity index is 580. The normalized spacial score (nSPS) is 10.1. The summed E-state index contributed by atoms with van der Waals surface area (Å²) in [6, 6.07) is 2.87. The van der Waals surface area contributed by atoms with Crippen molar-refractivity contribution >= 4 is 23.5 Å². The van der Waals surface area contributed by atoms with Crippen LogP contribution in [0.2, 0.25) is 0 Å². The van der Waals surface area contributed by atoms with E-state index in [1.807, 2.05) is 6.92 Å². The molecule has 1 aromatic carbocycles. The molecule has 1 rings (SSSR count). The van der Waals surface area contributed by atoms with Crippen molar-refractivity contribution in [2.24, 2.45) is 0 Å². The monoisotopic (exact) mass is 307 g/mol. The van der Waals surface area contributed by atoms with Gasteiger partial charge in [-0.2, -0.15) is 0 Å². The lowest BCUT2D eigenvalue weighted by molar-refractivity contribution is -0.116. The Balaban J connectivity index is 3.05. The highest BCUT2D eigenvalue weighted by Crippen LogP contribution is 2.24. The van der Waals surface area contributed by atoms with E-state index >= 15 is 0 Å². The predicted octanol–water partition coefficient (Wildman–Crippen LogP) is 3.00. The van der Waals surface area contributed by atoms with Gasteiger partial charge in [-0.25, -0.2) is 9.59 Å². The number of hydrogen-bond donors (Lipinski definition) is 2. The number of carboxylic acid groups (broad SMARTS) is 1. The third-order valence-electron chi connectivity index (χ3n) is 3.37. The van der Waals surface area contributed by atoms with E-state index in [0.717, 1.165) is 19.3 Å². The smallest absolute Gasteiger partial charge is 0.338 e. The Labute approximate surface area is 129 Å².